The van der Waals surface area contributed by atoms with E-state index in [4.69, 9.17) is 14.2 Å². The Bertz CT molecular complexity index is 972. The van der Waals surface area contributed by atoms with Crippen LogP contribution in [0, 0.1) is 11.8 Å². The first kappa shape index (κ1) is 25.2. The van der Waals surface area contributed by atoms with Gasteiger partial charge < -0.3 is 14.2 Å². The van der Waals surface area contributed by atoms with Gasteiger partial charge in [-0.15, -0.1) is 0 Å². The van der Waals surface area contributed by atoms with E-state index in [2.05, 4.69) is 6.58 Å². The van der Waals surface area contributed by atoms with Crippen molar-refractivity contribution in [3.05, 3.63) is 66.7 Å². The molecule has 0 amide bonds. The molecule has 180 valence electrons. The minimum Gasteiger partial charge on any atom is -0.465 e. The first-order valence-corrected chi connectivity index (χ1v) is 11.8. The SMILES string of the molecule is C=C(C)C(=O)OCCCCOC(=O)C1CCC(C(=O)Oc2ccc(-c3ccccc3)cc2)CC1. The van der Waals surface area contributed by atoms with E-state index >= 15 is 0 Å². The molecule has 2 aromatic carbocycles. The highest BCUT2D eigenvalue weighted by molar-refractivity contribution is 5.86. The molecule has 0 N–H and O–H groups in total. The molecule has 0 radical (unpaired) electrons. The quantitative estimate of drug-likeness (QED) is 0.200. The second-order valence-electron chi connectivity index (χ2n) is 8.65. The van der Waals surface area contributed by atoms with Gasteiger partial charge in [0.15, 0.2) is 0 Å². The molecule has 34 heavy (non-hydrogen) atoms. The second-order valence-corrected chi connectivity index (χ2v) is 8.65. The van der Waals surface area contributed by atoms with Crippen molar-refractivity contribution in [3.8, 4) is 16.9 Å². The maximum atomic E-state index is 12.6. The van der Waals surface area contributed by atoms with E-state index < -0.39 is 5.97 Å². The van der Waals surface area contributed by atoms with Gasteiger partial charge in [0.1, 0.15) is 5.75 Å². The molecule has 0 heterocycles. The molecule has 0 aromatic heterocycles. The summed E-state index contributed by atoms with van der Waals surface area (Å²) in [5, 5.41) is 0. The van der Waals surface area contributed by atoms with Crippen LogP contribution in [0.4, 0.5) is 0 Å². The van der Waals surface area contributed by atoms with Gasteiger partial charge in [-0.25, -0.2) is 4.79 Å². The van der Waals surface area contributed by atoms with Crippen LogP contribution in [-0.4, -0.2) is 31.1 Å². The fraction of sp³-hybridized carbons (Fsp3) is 0.393. The lowest BCUT2D eigenvalue weighted by Crippen LogP contribution is -2.29. The van der Waals surface area contributed by atoms with Gasteiger partial charge >= 0.3 is 17.9 Å². The minimum absolute atomic E-state index is 0.185. The molecule has 0 saturated heterocycles. The van der Waals surface area contributed by atoms with Gasteiger partial charge in [-0.1, -0.05) is 49.0 Å². The predicted molar refractivity (Wildman–Crippen MR) is 129 cm³/mol. The van der Waals surface area contributed by atoms with Gasteiger partial charge in [0.05, 0.1) is 25.0 Å². The average molecular weight is 465 g/mol. The van der Waals surface area contributed by atoms with Crippen molar-refractivity contribution in [3.63, 3.8) is 0 Å². The fourth-order valence-corrected chi connectivity index (χ4v) is 3.89. The number of benzene rings is 2. The van der Waals surface area contributed by atoms with Crippen LogP contribution in [0.3, 0.4) is 0 Å². The van der Waals surface area contributed by atoms with E-state index in [1.165, 1.54) is 0 Å². The summed E-state index contributed by atoms with van der Waals surface area (Å²) in [5.41, 5.74) is 2.54. The molecule has 0 unspecified atom stereocenters. The van der Waals surface area contributed by atoms with E-state index in [0.717, 1.165) is 11.1 Å². The van der Waals surface area contributed by atoms with Gasteiger partial charge in [0.25, 0.3) is 0 Å². The number of ether oxygens (including phenoxy) is 3. The fourth-order valence-electron chi connectivity index (χ4n) is 3.89. The van der Waals surface area contributed by atoms with Gasteiger partial charge in [-0.2, -0.15) is 0 Å². The molecule has 0 atom stereocenters. The highest BCUT2D eigenvalue weighted by atomic mass is 16.5. The Morgan fingerprint density at radius 3 is 1.88 bits per heavy atom. The summed E-state index contributed by atoms with van der Waals surface area (Å²) >= 11 is 0. The van der Waals surface area contributed by atoms with Crippen molar-refractivity contribution in [1.82, 2.24) is 0 Å². The van der Waals surface area contributed by atoms with Crippen LogP contribution in [-0.2, 0) is 23.9 Å². The van der Waals surface area contributed by atoms with E-state index in [-0.39, 0.29) is 30.4 Å². The Hall–Kier alpha value is -3.41. The van der Waals surface area contributed by atoms with E-state index in [0.29, 0.717) is 56.5 Å². The van der Waals surface area contributed by atoms with Crippen LogP contribution in [0.25, 0.3) is 11.1 Å². The number of rotatable bonds is 10. The molecule has 2 aromatic rings. The van der Waals surface area contributed by atoms with Crippen molar-refractivity contribution >= 4 is 17.9 Å². The summed E-state index contributed by atoms with van der Waals surface area (Å²) in [7, 11) is 0. The van der Waals surface area contributed by atoms with Crippen molar-refractivity contribution in [2.24, 2.45) is 11.8 Å². The summed E-state index contributed by atoms with van der Waals surface area (Å²) in [6.07, 6.45) is 3.69. The number of hydrogen-bond donors (Lipinski definition) is 0. The van der Waals surface area contributed by atoms with Crippen LogP contribution in [0.15, 0.2) is 66.7 Å². The molecule has 1 saturated carbocycles. The zero-order valence-electron chi connectivity index (χ0n) is 19.7. The normalized spacial score (nSPS) is 17.4. The number of unbranched alkanes of at least 4 members (excludes halogenated alkanes) is 1. The lowest BCUT2D eigenvalue weighted by molar-refractivity contribution is -0.152. The largest absolute Gasteiger partial charge is 0.465 e. The summed E-state index contributed by atoms with van der Waals surface area (Å²) in [5.74, 6) is -0.737. The minimum atomic E-state index is -0.406. The van der Waals surface area contributed by atoms with Crippen LogP contribution in [0.2, 0.25) is 0 Å². The third-order valence-corrected chi connectivity index (χ3v) is 5.94. The zero-order chi connectivity index (χ0) is 24.3. The molecule has 0 spiro atoms. The molecule has 6 heteroatoms. The molecule has 1 aliphatic rings. The highest BCUT2D eigenvalue weighted by Gasteiger charge is 2.31. The van der Waals surface area contributed by atoms with Crippen LogP contribution in [0.1, 0.15) is 45.4 Å². The van der Waals surface area contributed by atoms with E-state index in [9.17, 15) is 14.4 Å². The Labute approximate surface area is 200 Å². The smallest absolute Gasteiger partial charge is 0.333 e. The third kappa shape index (κ3) is 7.58. The van der Waals surface area contributed by atoms with E-state index in [1.807, 2.05) is 54.6 Å². The Balaban J connectivity index is 1.34. The summed E-state index contributed by atoms with van der Waals surface area (Å²) in [6.45, 7) is 5.70. The average Bonchev–Trinajstić information content (AvgIpc) is 2.86. The van der Waals surface area contributed by atoms with Gasteiger partial charge in [-0.3, -0.25) is 9.59 Å². The van der Waals surface area contributed by atoms with Crippen molar-refractivity contribution in [2.45, 2.75) is 45.4 Å². The molecule has 1 fully saturated rings. The number of carbonyl (C=O) groups is 3. The molecule has 6 nitrogen and oxygen atoms in total. The Kier molecular flexibility index (Phi) is 9.44. The topological polar surface area (TPSA) is 78.9 Å². The lowest BCUT2D eigenvalue weighted by Gasteiger charge is -2.25. The standard InChI is InChI=1S/C28H32O6/c1-20(2)26(29)32-18-6-7-19-33-27(30)23-10-12-24(13-11-23)28(31)34-25-16-14-22(15-17-25)21-8-4-3-5-9-21/h3-5,8-9,14-17,23-24H,1,6-7,10-13,18-19H2,2H3. The number of hydrogen-bond acceptors (Lipinski definition) is 6. The van der Waals surface area contributed by atoms with Crippen molar-refractivity contribution in [2.75, 3.05) is 13.2 Å². The third-order valence-electron chi connectivity index (χ3n) is 5.94. The maximum Gasteiger partial charge on any atom is 0.333 e. The second kappa shape index (κ2) is 12.7. The number of carbonyl (C=O) groups excluding carboxylic acids is 3. The molecule has 0 bridgehead atoms. The monoisotopic (exact) mass is 464 g/mol. The Morgan fingerprint density at radius 1 is 0.765 bits per heavy atom. The molecule has 1 aliphatic carbocycles. The van der Waals surface area contributed by atoms with Crippen molar-refractivity contribution < 1.29 is 28.6 Å². The highest BCUT2D eigenvalue weighted by Crippen LogP contribution is 2.31. The summed E-state index contributed by atoms with van der Waals surface area (Å²) in [6, 6.07) is 17.5. The summed E-state index contributed by atoms with van der Waals surface area (Å²) in [4.78, 5) is 36.2. The van der Waals surface area contributed by atoms with Crippen molar-refractivity contribution in [1.29, 1.82) is 0 Å². The van der Waals surface area contributed by atoms with E-state index in [1.54, 1.807) is 6.92 Å². The zero-order valence-corrected chi connectivity index (χ0v) is 19.7. The van der Waals surface area contributed by atoms with Gasteiger partial charge in [0.2, 0.25) is 0 Å². The van der Waals surface area contributed by atoms with Gasteiger partial charge in [0, 0.05) is 5.57 Å². The lowest BCUT2D eigenvalue weighted by atomic mass is 9.82. The molecule has 3 rings (SSSR count). The Morgan fingerprint density at radius 2 is 1.29 bits per heavy atom. The summed E-state index contributed by atoms with van der Waals surface area (Å²) < 4.78 is 15.9. The molecular formula is C28H32O6. The van der Waals surface area contributed by atoms with Crippen LogP contribution >= 0.6 is 0 Å². The predicted octanol–water partition coefficient (Wildman–Crippen LogP) is 5.51. The first-order chi connectivity index (χ1) is 16.4. The molecule has 0 aliphatic heterocycles. The van der Waals surface area contributed by atoms with Crippen LogP contribution in [0.5, 0.6) is 5.75 Å². The van der Waals surface area contributed by atoms with Gasteiger partial charge in [-0.05, 0) is 68.7 Å². The first-order valence-electron chi connectivity index (χ1n) is 11.8. The number of esters is 3. The molecular weight excluding hydrogens is 432 g/mol. The van der Waals surface area contributed by atoms with Crippen LogP contribution < -0.4 is 4.74 Å². The maximum absolute atomic E-state index is 12.6.